The number of piperazine rings is 1. The van der Waals surface area contributed by atoms with Crippen LogP contribution >= 0.6 is 0 Å². The van der Waals surface area contributed by atoms with E-state index in [0.29, 0.717) is 29.7 Å². The number of alkyl halides is 1. The average Bonchev–Trinajstić information content (AvgIpc) is 2.99. The monoisotopic (exact) mass is 610 g/mol. The van der Waals surface area contributed by atoms with Gasteiger partial charge in [-0.2, -0.15) is 9.37 Å². The van der Waals surface area contributed by atoms with Crippen molar-refractivity contribution >= 4 is 49.6 Å². The van der Waals surface area contributed by atoms with Crippen molar-refractivity contribution in [3.05, 3.63) is 78.4 Å². The third-order valence-corrected chi connectivity index (χ3v) is 8.09. The fraction of sp³-hybridized carbons (Fsp3) is 0.241. The molecule has 1 saturated heterocycles. The zero-order chi connectivity index (χ0) is 30.9. The molecule has 3 aromatic rings. The molecule has 43 heavy (non-hydrogen) atoms. The molecular formula is C29H28F2N6O5S. The molecule has 1 atom stereocenters. The van der Waals surface area contributed by atoms with Gasteiger partial charge in [0.1, 0.15) is 0 Å². The van der Waals surface area contributed by atoms with E-state index in [1.807, 2.05) is 4.90 Å². The summed E-state index contributed by atoms with van der Waals surface area (Å²) in [6.07, 6.45) is 4.03. The summed E-state index contributed by atoms with van der Waals surface area (Å²) in [5.74, 6) is -1.49. The fourth-order valence-electron chi connectivity index (χ4n) is 5.11. The molecule has 2 aromatic carbocycles. The molecule has 11 nitrogen and oxygen atoms in total. The Hall–Kier alpha value is -4.69. The first-order valence-electron chi connectivity index (χ1n) is 13.2. The number of allylic oxidation sites excluding steroid dienone is 3. The van der Waals surface area contributed by atoms with Gasteiger partial charge in [-0.1, -0.05) is 18.2 Å². The number of hydrogen-bond donors (Lipinski definition) is 1. The number of aromatic nitrogens is 2. The molecule has 1 amide bonds. The van der Waals surface area contributed by atoms with Gasteiger partial charge >= 0.3 is 6.01 Å². The molecule has 0 saturated carbocycles. The maximum absolute atomic E-state index is 16.5. The second kappa shape index (κ2) is 11.9. The first-order chi connectivity index (χ1) is 20.5. The molecule has 0 radical (unpaired) electrons. The van der Waals surface area contributed by atoms with Gasteiger partial charge in [-0.15, -0.1) is 0 Å². The van der Waals surface area contributed by atoms with Crippen LogP contribution in [0.15, 0.2) is 77.7 Å². The lowest BCUT2D eigenvalue weighted by molar-refractivity contribution is -0.126. The Labute approximate surface area is 246 Å². The highest BCUT2D eigenvalue weighted by molar-refractivity contribution is 7.89. The number of nitrogens with two attached hydrogens (primary N) is 1. The van der Waals surface area contributed by atoms with E-state index in [4.69, 9.17) is 9.88 Å². The molecule has 1 unspecified atom stereocenters. The van der Waals surface area contributed by atoms with Crippen LogP contribution in [0.5, 0.6) is 6.01 Å². The lowest BCUT2D eigenvalue weighted by Crippen LogP contribution is -2.49. The minimum Gasteiger partial charge on any atom is -0.467 e. The molecule has 2 aliphatic rings. The van der Waals surface area contributed by atoms with Crippen molar-refractivity contribution in [1.29, 1.82) is 0 Å². The van der Waals surface area contributed by atoms with Crippen LogP contribution in [-0.2, 0) is 19.6 Å². The molecule has 0 spiro atoms. The van der Waals surface area contributed by atoms with Gasteiger partial charge in [0.2, 0.25) is 22.2 Å². The summed E-state index contributed by atoms with van der Waals surface area (Å²) in [5.41, 5.74) is 0.917. The molecule has 224 valence electrons. The molecule has 0 aliphatic carbocycles. The van der Waals surface area contributed by atoms with Crippen molar-refractivity contribution in [2.24, 2.45) is 5.14 Å². The standard InChI is InChI=1S/C29H28F2N6O5S/c1-18(38)7-12-26(39)35-13-15-36(16-14-35)27-21-17-33-29(42-2)34-22(21)9-10-23(27)37-25(30)11-8-20(28(37)31)19-5-3-4-6-24(19)43(32,40)41/h3-12,17,28H,13-16H2,1-2H3,(H2,32,40,41)/b12-7+. The van der Waals surface area contributed by atoms with E-state index in [0.717, 1.165) is 11.0 Å². The average molecular weight is 611 g/mol. The van der Waals surface area contributed by atoms with E-state index in [2.05, 4.69) is 9.97 Å². The van der Waals surface area contributed by atoms with Gasteiger partial charge in [0.25, 0.3) is 0 Å². The van der Waals surface area contributed by atoms with Crippen LogP contribution in [-0.4, -0.2) is 74.6 Å². The third kappa shape index (κ3) is 5.96. The Morgan fingerprint density at radius 3 is 2.47 bits per heavy atom. The lowest BCUT2D eigenvalue weighted by atomic mass is 10.0. The smallest absolute Gasteiger partial charge is 0.316 e. The third-order valence-electron chi connectivity index (χ3n) is 7.12. The van der Waals surface area contributed by atoms with Gasteiger partial charge in [0, 0.05) is 55.0 Å². The Kier molecular flexibility index (Phi) is 8.24. The highest BCUT2D eigenvalue weighted by Crippen LogP contribution is 2.44. The van der Waals surface area contributed by atoms with E-state index >= 15 is 8.78 Å². The van der Waals surface area contributed by atoms with Crippen LogP contribution in [0.1, 0.15) is 12.5 Å². The number of amides is 1. The number of primary sulfonamides is 1. The molecule has 3 heterocycles. The number of benzene rings is 2. The largest absolute Gasteiger partial charge is 0.467 e. The predicted octanol–water partition coefficient (Wildman–Crippen LogP) is 3.09. The van der Waals surface area contributed by atoms with Crippen LogP contribution in [0, 0.1) is 0 Å². The molecular weight excluding hydrogens is 582 g/mol. The normalized spacial score (nSPS) is 17.7. The Morgan fingerprint density at radius 2 is 1.79 bits per heavy atom. The highest BCUT2D eigenvalue weighted by atomic mass is 32.2. The van der Waals surface area contributed by atoms with Gasteiger partial charge in [-0.3, -0.25) is 14.5 Å². The number of halogens is 2. The number of anilines is 2. The lowest BCUT2D eigenvalue weighted by Gasteiger charge is -2.39. The number of ether oxygens (including phenoxy) is 1. The van der Waals surface area contributed by atoms with E-state index in [-0.39, 0.29) is 52.5 Å². The number of rotatable bonds is 7. The van der Waals surface area contributed by atoms with Gasteiger partial charge in [0.15, 0.2) is 11.7 Å². The van der Waals surface area contributed by atoms with E-state index in [9.17, 15) is 18.0 Å². The molecule has 1 fully saturated rings. The summed E-state index contributed by atoms with van der Waals surface area (Å²) in [6.45, 7) is 2.49. The molecule has 5 rings (SSSR count). The van der Waals surface area contributed by atoms with Crippen LogP contribution in [0.4, 0.5) is 20.2 Å². The van der Waals surface area contributed by atoms with Crippen LogP contribution in [0.2, 0.25) is 0 Å². The summed E-state index contributed by atoms with van der Waals surface area (Å²) in [5, 5.41) is 5.88. The minimum atomic E-state index is -4.22. The molecule has 2 aliphatic heterocycles. The number of nitrogens with zero attached hydrogens (tertiary/aromatic N) is 5. The number of hydrogen-bond acceptors (Lipinski definition) is 9. The zero-order valence-electron chi connectivity index (χ0n) is 23.3. The number of ketones is 1. The SMILES string of the molecule is COc1ncc2c(N3CCN(C(=O)/C=C/C(C)=O)CC3)c(N3C(F)=CC=C(c4ccccc4S(N)(=O)=O)C3F)ccc2n1. The second-order valence-electron chi connectivity index (χ2n) is 9.84. The number of sulfonamides is 1. The fourth-order valence-corrected chi connectivity index (χ4v) is 5.87. The zero-order valence-corrected chi connectivity index (χ0v) is 24.1. The molecule has 2 N–H and O–H groups in total. The quantitative estimate of drug-likeness (QED) is 0.316. The Bertz CT molecular complexity index is 1800. The number of fused-ring (bicyclic) bond motifs is 1. The van der Waals surface area contributed by atoms with Gasteiger partial charge in [-0.05, 0) is 43.4 Å². The van der Waals surface area contributed by atoms with Crippen molar-refractivity contribution in [2.45, 2.75) is 18.1 Å². The van der Waals surface area contributed by atoms with E-state index in [1.54, 1.807) is 11.0 Å². The first kappa shape index (κ1) is 29.8. The summed E-state index contributed by atoms with van der Waals surface area (Å²) >= 11 is 0. The first-order valence-corrected chi connectivity index (χ1v) is 14.7. The van der Waals surface area contributed by atoms with Crippen molar-refractivity contribution in [1.82, 2.24) is 14.9 Å². The minimum absolute atomic E-state index is 0.00685. The highest BCUT2D eigenvalue weighted by Gasteiger charge is 2.35. The van der Waals surface area contributed by atoms with E-state index in [1.165, 1.54) is 68.8 Å². The second-order valence-corrected chi connectivity index (χ2v) is 11.4. The number of carbonyl (C=O) groups excluding carboxylic acids is 2. The Morgan fingerprint density at radius 1 is 1.07 bits per heavy atom. The molecule has 14 heteroatoms. The van der Waals surface area contributed by atoms with Crippen molar-refractivity contribution in [2.75, 3.05) is 43.1 Å². The van der Waals surface area contributed by atoms with Crippen LogP contribution in [0.3, 0.4) is 0 Å². The van der Waals surface area contributed by atoms with E-state index < -0.39 is 22.3 Å². The number of carbonyl (C=O) groups is 2. The summed E-state index contributed by atoms with van der Waals surface area (Å²) in [4.78, 5) is 36.4. The molecule has 1 aromatic heterocycles. The Balaban J connectivity index is 1.57. The van der Waals surface area contributed by atoms with Crippen molar-refractivity contribution in [3.8, 4) is 6.01 Å². The summed E-state index contributed by atoms with van der Waals surface area (Å²) in [7, 11) is -2.80. The topological polar surface area (TPSA) is 139 Å². The summed E-state index contributed by atoms with van der Waals surface area (Å²) in [6, 6.07) is 8.88. The van der Waals surface area contributed by atoms with Gasteiger partial charge in [-0.25, -0.2) is 22.9 Å². The predicted molar refractivity (Wildman–Crippen MR) is 157 cm³/mol. The van der Waals surface area contributed by atoms with Crippen LogP contribution < -0.4 is 19.7 Å². The van der Waals surface area contributed by atoms with Crippen molar-refractivity contribution in [3.63, 3.8) is 0 Å². The maximum atomic E-state index is 16.5. The summed E-state index contributed by atoms with van der Waals surface area (Å²) < 4.78 is 61.8. The maximum Gasteiger partial charge on any atom is 0.316 e. The number of methoxy groups -OCH3 is 1. The van der Waals surface area contributed by atoms with Crippen LogP contribution in [0.25, 0.3) is 16.5 Å². The van der Waals surface area contributed by atoms with Gasteiger partial charge in [0.05, 0.1) is 28.9 Å². The van der Waals surface area contributed by atoms with Crippen molar-refractivity contribution < 1.29 is 31.5 Å². The van der Waals surface area contributed by atoms with Gasteiger partial charge < -0.3 is 14.5 Å². The molecule has 0 bridgehead atoms.